The van der Waals surface area contributed by atoms with E-state index >= 15 is 0 Å². The topological polar surface area (TPSA) is 81.4 Å². The van der Waals surface area contributed by atoms with Crippen molar-refractivity contribution in [1.29, 1.82) is 0 Å². The van der Waals surface area contributed by atoms with E-state index in [0.717, 1.165) is 0 Å². The number of nitrogens with zero attached hydrogens (tertiary/aromatic N) is 5. The number of azide groups is 1. The van der Waals surface area contributed by atoms with E-state index in [4.69, 9.17) is 5.53 Å². The van der Waals surface area contributed by atoms with Crippen LogP contribution in [-0.4, -0.2) is 11.6 Å². The standard InChI is InChI=1S/C17H13N5O/c1-12-15(11-13-7-5-6-10-16(13)19-21-18)17(23)22(20-12)14-8-3-2-4-9-14/h2-11H,1H3/b15-11-. The number of hydrogen-bond acceptors (Lipinski definition) is 3. The Balaban J connectivity index is 2.01. The molecule has 2 aromatic carbocycles. The zero-order chi connectivity index (χ0) is 16.2. The zero-order valence-corrected chi connectivity index (χ0v) is 12.4. The molecule has 0 aromatic heterocycles. The van der Waals surface area contributed by atoms with Gasteiger partial charge in [0.15, 0.2) is 0 Å². The third-order valence-electron chi connectivity index (χ3n) is 3.45. The summed E-state index contributed by atoms with van der Waals surface area (Å²) < 4.78 is 0. The fourth-order valence-electron chi connectivity index (χ4n) is 2.33. The van der Waals surface area contributed by atoms with Gasteiger partial charge in [-0.05, 0) is 36.2 Å². The molecule has 6 nitrogen and oxygen atoms in total. The van der Waals surface area contributed by atoms with Crippen molar-refractivity contribution in [1.82, 2.24) is 0 Å². The molecule has 6 heteroatoms. The molecule has 0 saturated carbocycles. The van der Waals surface area contributed by atoms with Crippen molar-refractivity contribution >= 4 is 29.1 Å². The summed E-state index contributed by atoms with van der Waals surface area (Å²) in [5.74, 6) is -0.204. The first kappa shape index (κ1) is 14.6. The van der Waals surface area contributed by atoms with Gasteiger partial charge in [-0.15, -0.1) is 0 Å². The Morgan fingerprint density at radius 2 is 1.83 bits per heavy atom. The van der Waals surface area contributed by atoms with Gasteiger partial charge in [-0.25, -0.2) is 0 Å². The highest BCUT2D eigenvalue weighted by atomic mass is 16.2. The Morgan fingerprint density at radius 3 is 2.57 bits per heavy atom. The van der Waals surface area contributed by atoms with Crippen molar-refractivity contribution in [2.75, 3.05) is 5.01 Å². The van der Waals surface area contributed by atoms with E-state index in [2.05, 4.69) is 15.1 Å². The average molecular weight is 303 g/mol. The van der Waals surface area contributed by atoms with Crippen LogP contribution in [0.25, 0.3) is 16.5 Å². The summed E-state index contributed by atoms with van der Waals surface area (Å²) in [6.07, 6.45) is 1.70. The lowest BCUT2D eigenvalue weighted by Gasteiger charge is -2.11. The van der Waals surface area contributed by atoms with Gasteiger partial charge in [-0.1, -0.05) is 47.6 Å². The third-order valence-corrected chi connectivity index (χ3v) is 3.45. The van der Waals surface area contributed by atoms with E-state index in [1.165, 1.54) is 5.01 Å². The number of benzene rings is 2. The van der Waals surface area contributed by atoms with E-state index < -0.39 is 0 Å². The van der Waals surface area contributed by atoms with Gasteiger partial charge in [0.25, 0.3) is 5.91 Å². The number of para-hydroxylation sites is 1. The van der Waals surface area contributed by atoms with Crippen molar-refractivity contribution in [2.45, 2.75) is 6.92 Å². The van der Waals surface area contributed by atoms with Crippen molar-refractivity contribution in [2.24, 2.45) is 10.2 Å². The molecule has 1 aliphatic heterocycles. The van der Waals surface area contributed by atoms with Crippen LogP contribution in [0.2, 0.25) is 0 Å². The third kappa shape index (κ3) is 2.84. The number of anilines is 1. The average Bonchev–Trinajstić information content (AvgIpc) is 2.86. The Labute approximate surface area is 133 Å². The Kier molecular flexibility index (Phi) is 3.91. The summed E-state index contributed by atoms with van der Waals surface area (Å²) >= 11 is 0. The summed E-state index contributed by atoms with van der Waals surface area (Å²) in [4.78, 5) is 15.4. The largest absolute Gasteiger partial charge is 0.280 e. The first-order valence-corrected chi connectivity index (χ1v) is 7.01. The van der Waals surface area contributed by atoms with Crippen molar-refractivity contribution in [3.63, 3.8) is 0 Å². The second-order valence-corrected chi connectivity index (χ2v) is 4.94. The van der Waals surface area contributed by atoms with Crippen molar-refractivity contribution in [3.05, 3.63) is 76.2 Å². The quantitative estimate of drug-likeness (QED) is 0.357. The minimum atomic E-state index is -0.204. The lowest BCUT2D eigenvalue weighted by Crippen LogP contribution is -2.21. The van der Waals surface area contributed by atoms with E-state index in [1.807, 2.05) is 36.4 Å². The Hall–Kier alpha value is -3.37. The van der Waals surface area contributed by atoms with Crippen LogP contribution in [0.1, 0.15) is 12.5 Å². The molecule has 0 saturated heterocycles. The lowest BCUT2D eigenvalue weighted by atomic mass is 10.1. The molecule has 0 spiro atoms. The maximum atomic E-state index is 12.6. The number of rotatable bonds is 3. The molecule has 1 heterocycles. The van der Waals surface area contributed by atoms with Crippen LogP contribution in [-0.2, 0) is 4.79 Å². The molecule has 0 N–H and O–H groups in total. The number of carbonyl (C=O) groups excluding carboxylic acids is 1. The monoisotopic (exact) mass is 303 g/mol. The second-order valence-electron chi connectivity index (χ2n) is 4.94. The Bertz CT molecular complexity index is 864. The van der Waals surface area contributed by atoms with Gasteiger partial charge in [0, 0.05) is 10.6 Å². The number of hydrazone groups is 1. The molecule has 3 rings (SSSR count). The molecule has 2 aromatic rings. The summed E-state index contributed by atoms with van der Waals surface area (Å²) in [5, 5.41) is 9.34. The molecule has 0 unspecified atom stereocenters. The summed E-state index contributed by atoms with van der Waals surface area (Å²) in [6.45, 7) is 1.78. The Morgan fingerprint density at radius 1 is 1.13 bits per heavy atom. The molecule has 0 atom stereocenters. The van der Waals surface area contributed by atoms with Gasteiger partial charge in [-0.2, -0.15) is 10.1 Å². The van der Waals surface area contributed by atoms with Gasteiger partial charge in [0.2, 0.25) is 0 Å². The molecule has 0 fully saturated rings. The molecule has 1 amide bonds. The summed E-state index contributed by atoms with van der Waals surface area (Å²) in [5.41, 5.74) is 11.6. The highest BCUT2D eigenvalue weighted by Crippen LogP contribution is 2.27. The van der Waals surface area contributed by atoms with Crippen molar-refractivity contribution < 1.29 is 4.79 Å². The molecule has 23 heavy (non-hydrogen) atoms. The van der Waals surface area contributed by atoms with Gasteiger partial charge < -0.3 is 0 Å². The second kappa shape index (κ2) is 6.17. The molecule has 112 valence electrons. The van der Waals surface area contributed by atoms with Crippen LogP contribution >= 0.6 is 0 Å². The van der Waals surface area contributed by atoms with E-state index in [1.54, 1.807) is 31.2 Å². The highest BCUT2D eigenvalue weighted by molar-refractivity contribution is 6.32. The summed E-state index contributed by atoms with van der Waals surface area (Å²) in [7, 11) is 0. The molecular weight excluding hydrogens is 290 g/mol. The molecule has 0 radical (unpaired) electrons. The molecule has 1 aliphatic rings. The van der Waals surface area contributed by atoms with Crippen LogP contribution < -0.4 is 5.01 Å². The van der Waals surface area contributed by atoms with Crippen LogP contribution in [0.4, 0.5) is 11.4 Å². The number of amides is 1. The van der Waals surface area contributed by atoms with Crippen LogP contribution in [0.3, 0.4) is 0 Å². The highest BCUT2D eigenvalue weighted by Gasteiger charge is 2.28. The maximum absolute atomic E-state index is 12.6. The molecule has 0 bridgehead atoms. The number of hydrogen-bond donors (Lipinski definition) is 0. The number of carbonyl (C=O) groups is 1. The van der Waals surface area contributed by atoms with Crippen LogP contribution in [0, 0.1) is 0 Å². The first-order chi connectivity index (χ1) is 11.2. The predicted octanol–water partition coefficient (Wildman–Crippen LogP) is 4.43. The van der Waals surface area contributed by atoms with Crippen LogP contribution in [0.15, 0.2) is 70.4 Å². The van der Waals surface area contributed by atoms with E-state index in [-0.39, 0.29) is 5.91 Å². The first-order valence-electron chi connectivity index (χ1n) is 7.01. The predicted molar refractivity (Wildman–Crippen MR) is 90.3 cm³/mol. The lowest BCUT2D eigenvalue weighted by molar-refractivity contribution is -0.114. The zero-order valence-electron chi connectivity index (χ0n) is 12.4. The fourth-order valence-corrected chi connectivity index (χ4v) is 2.33. The maximum Gasteiger partial charge on any atom is 0.280 e. The van der Waals surface area contributed by atoms with Crippen LogP contribution in [0.5, 0.6) is 0 Å². The molecular formula is C17H13N5O. The van der Waals surface area contributed by atoms with Gasteiger partial charge >= 0.3 is 0 Å². The van der Waals surface area contributed by atoms with Gasteiger partial charge in [0.1, 0.15) is 0 Å². The van der Waals surface area contributed by atoms with Gasteiger partial charge in [0.05, 0.1) is 17.0 Å². The van der Waals surface area contributed by atoms with E-state index in [9.17, 15) is 4.79 Å². The normalized spacial score (nSPS) is 15.5. The minimum Gasteiger partial charge on any atom is -0.267 e. The van der Waals surface area contributed by atoms with Gasteiger partial charge in [-0.3, -0.25) is 4.79 Å². The van der Waals surface area contributed by atoms with E-state index in [0.29, 0.717) is 28.2 Å². The smallest absolute Gasteiger partial charge is 0.267 e. The fraction of sp³-hybridized carbons (Fsp3) is 0.0588. The molecule has 0 aliphatic carbocycles. The summed E-state index contributed by atoms with van der Waals surface area (Å²) in [6, 6.07) is 16.3. The minimum absolute atomic E-state index is 0.204. The van der Waals surface area contributed by atoms with Crippen molar-refractivity contribution in [3.8, 4) is 0 Å². The SMILES string of the molecule is CC1=NN(c2ccccc2)C(=O)/C1=C\c1ccccc1N=[N+]=[N-].